The van der Waals surface area contributed by atoms with Gasteiger partial charge in [-0.25, -0.2) is 0 Å². The van der Waals surface area contributed by atoms with Crippen LogP contribution in [0.3, 0.4) is 0 Å². The van der Waals surface area contributed by atoms with Crippen molar-refractivity contribution in [3.8, 4) is 0 Å². The van der Waals surface area contributed by atoms with Crippen molar-refractivity contribution in [2.24, 2.45) is 0 Å². The largest absolute Gasteiger partial charge is 0.389 e. The monoisotopic (exact) mass is 226 g/mol. The summed E-state index contributed by atoms with van der Waals surface area (Å²) in [6, 6.07) is 7.93. The van der Waals surface area contributed by atoms with Crippen LogP contribution < -0.4 is 0 Å². The average molecular weight is 227 g/mol. The molecular weight excluding hydrogens is 216 g/mol. The van der Waals surface area contributed by atoms with Gasteiger partial charge < -0.3 is 5.11 Å². The molecule has 0 aliphatic rings. The highest BCUT2D eigenvalue weighted by molar-refractivity contribution is 9.10. The van der Waals surface area contributed by atoms with E-state index in [1.807, 2.05) is 30.3 Å². The lowest BCUT2D eigenvalue weighted by atomic mass is 10.2. The maximum Gasteiger partial charge on any atom is 0.0696 e. The van der Waals surface area contributed by atoms with E-state index in [4.69, 9.17) is 5.11 Å². The highest BCUT2D eigenvalue weighted by Crippen LogP contribution is 2.11. The van der Waals surface area contributed by atoms with Gasteiger partial charge in [-0.3, -0.25) is 0 Å². The number of aliphatic hydroxyl groups is 1. The van der Waals surface area contributed by atoms with E-state index in [-0.39, 0.29) is 6.10 Å². The zero-order valence-corrected chi connectivity index (χ0v) is 8.45. The van der Waals surface area contributed by atoms with Crippen molar-refractivity contribution in [3.05, 3.63) is 40.4 Å². The van der Waals surface area contributed by atoms with Crippen LogP contribution >= 0.6 is 15.9 Å². The standard InChI is InChI=1S/C10H11BrO/c1-8(12)2-3-9-4-6-10(11)7-5-9/h2-8,12H,1H3/t8-/m1/s1. The first kappa shape index (κ1) is 9.49. The van der Waals surface area contributed by atoms with Gasteiger partial charge in [0.2, 0.25) is 0 Å². The Balaban J connectivity index is 2.71. The molecule has 1 atom stereocenters. The minimum Gasteiger partial charge on any atom is -0.389 e. The van der Waals surface area contributed by atoms with Crippen LogP contribution in [0.4, 0.5) is 0 Å². The molecule has 0 heterocycles. The molecular formula is C10H11BrO. The number of benzene rings is 1. The van der Waals surface area contributed by atoms with E-state index in [1.165, 1.54) is 0 Å². The molecule has 2 heteroatoms. The molecule has 64 valence electrons. The fourth-order valence-electron chi connectivity index (χ4n) is 0.824. The molecule has 1 aromatic carbocycles. The molecule has 1 rings (SSSR count). The van der Waals surface area contributed by atoms with Crippen molar-refractivity contribution >= 4 is 22.0 Å². The van der Waals surface area contributed by atoms with Gasteiger partial charge in [0.05, 0.1) is 6.10 Å². The van der Waals surface area contributed by atoms with E-state index in [0.29, 0.717) is 0 Å². The Morgan fingerprint density at radius 1 is 1.33 bits per heavy atom. The summed E-state index contributed by atoms with van der Waals surface area (Å²) in [7, 11) is 0. The molecule has 0 amide bonds. The number of aliphatic hydroxyl groups excluding tert-OH is 1. The number of halogens is 1. The first-order valence-corrected chi connectivity index (χ1v) is 4.59. The van der Waals surface area contributed by atoms with E-state index in [1.54, 1.807) is 13.0 Å². The van der Waals surface area contributed by atoms with Crippen molar-refractivity contribution in [1.82, 2.24) is 0 Å². The number of rotatable bonds is 2. The second-order valence-electron chi connectivity index (χ2n) is 2.65. The average Bonchev–Trinajstić information content (AvgIpc) is 2.03. The van der Waals surface area contributed by atoms with E-state index >= 15 is 0 Å². The third-order valence-corrected chi connectivity index (χ3v) is 1.97. The summed E-state index contributed by atoms with van der Waals surface area (Å²) in [4.78, 5) is 0. The number of hydrogen-bond donors (Lipinski definition) is 1. The lowest BCUT2D eigenvalue weighted by molar-refractivity contribution is 0.245. The Morgan fingerprint density at radius 2 is 1.92 bits per heavy atom. The molecule has 1 N–H and O–H groups in total. The summed E-state index contributed by atoms with van der Waals surface area (Å²) < 4.78 is 1.07. The van der Waals surface area contributed by atoms with Gasteiger partial charge in [-0.2, -0.15) is 0 Å². The smallest absolute Gasteiger partial charge is 0.0696 e. The fraction of sp³-hybridized carbons (Fsp3) is 0.200. The van der Waals surface area contributed by atoms with Gasteiger partial charge in [-0.1, -0.05) is 40.2 Å². The summed E-state index contributed by atoms with van der Waals surface area (Å²) >= 11 is 3.35. The Kier molecular flexibility index (Phi) is 3.50. The van der Waals surface area contributed by atoms with Gasteiger partial charge in [0.15, 0.2) is 0 Å². The topological polar surface area (TPSA) is 20.2 Å². The Morgan fingerprint density at radius 3 is 2.42 bits per heavy atom. The first-order chi connectivity index (χ1) is 5.68. The zero-order valence-electron chi connectivity index (χ0n) is 6.87. The lowest BCUT2D eigenvalue weighted by Gasteiger charge is -1.95. The third kappa shape index (κ3) is 3.20. The number of hydrogen-bond acceptors (Lipinski definition) is 1. The Labute approximate surface area is 80.9 Å². The van der Waals surface area contributed by atoms with Gasteiger partial charge >= 0.3 is 0 Å². The van der Waals surface area contributed by atoms with E-state index < -0.39 is 0 Å². The molecule has 0 radical (unpaired) electrons. The van der Waals surface area contributed by atoms with E-state index in [0.717, 1.165) is 10.0 Å². The predicted molar refractivity (Wildman–Crippen MR) is 54.9 cm³/mol. The molecule has 1 aromatic rings. The van der Waals surface area contributed by atoms with Crippen molar-refractivity contribution in [1.29, 1.82) is 0 Å². The second-order valence-corrected chi connectivity index (χ2v) is 3.57. The van der Waals surface area contributed by atoms with Crippen LogP contribution in [0.15, 0.2) is 34.8 Å². The summed E-state index contributed by atoms with van der Waals surface area (Å²) in [6.07, 6.45) is 3.27. The predicted octanol–water partition coefficient (Wildman–Crippen LogP) is 2.84. The van der Waals surface area contributed by atoms with Crippen LogP contribution in [0.1, 0.15) is 12.5 Å². The van der Waals surface area contributed by atoms with Crippen molar-refractivity contribution in [3.63, 3.8) is 0 Å². The molecule has 0 aromatic heterocycles. The highest BCUT2D eigenvalue weighted by Gasteiger charge is 1.88. The molecule has 12 heavy (non-hydrogen) atoms. The van der Waals surface area contributed by atoms with Crippen LogP contribution in [0.5, 0.6) is 0 Å². The molecule has 0 aliphatic carbocycles. The minimum absolute atomic E-state index is 0.381. The molecule has 0 bridgehead atoms. The first-order valence-electron chi connectivity index (χ1n) is 3.80. The van der Waals surface area contributed by atoms with Crippen LogP contribution in [0.2, 0.25) is 0 Å². The summed E-state index contributed by atoms with van der Waals surface area (Å²) in [6.45, 7) is 1.73. The molecule has 0 saturated carbocycles. The van der Waals surface area contributed by atoms with Gasteiger partial charge in [0.1, 0.15) is 0 Å². The van der Waals surface area contributed by atoms with Crippen molar-refractivity contribution in [2.45, 2.75) is 13.0 Å². The van der Waals surface area contributed by atoms with Crippen LogP contribution in [0.25, 0.3) is 6.08 Å². The fourth-order valence-corrected chi connectivity index (χ4v) is 1.09. The maximum absolute atomic E-state index is 8.97. The normalized spacial score (nSPS) is 13.6. The zero-order chi connectivity index (χ0) is 8.97. The highest BCUT2D eigenvalue weighted by atomic mass is 79.9. The van der Waals surface area contributed by atoms with Crippen LogP contribution in [0, 0.1) is 0 Å². The summed E-state index contributed by atoms with van der Waals surface area (Å²) in [5, 5.41) is 8.97. The van der Waals surface area contributed by atoms with Crippen LogP contribution in [-0.2, 0) is 0 Å². The van der Waals surface area contributed by atoms with Crippen LogP contribution in [-0.4, -0.2) is 11.2 Å². The summed E-state index contributed by atoms with van der Waals surface area (Å²) in [5.41, 5.74) is 1.10. The molecule has 0 saturated heterocycles. The third-order valence-electron chi connectivity index (χ3n) is 1.44. The quantitative estimate of drug-likeness (QED) is 0.823. The van der Waals surface area contributed by atoms with Crippen molar-refractivity contribution < 1.29 is 5.11 Å². The molecule has 0 aliphatic heterocycles. The molecule has 1 nitrogen and oxygen atoms in total. The second kappa shape index (κ2) is 4.43. The molecule has 0 fully saturated rings. The molecule has 0 spiro atoms. The lowest BCUT2D eigenvalue weighted by Crippen LogP contribution is -1.90. The summed E-state index contributed by atoms with van der Waals surface area (Å²) in [5.74, 6) is 0. The van der Waals surface area contributed by atoms with Gasteiger partial charge in [-0.05, 0) is 24.6 Å². The molecule has 0 unspecified atom stereocenters. The van der Waals surface area contributed by atoms with Gasteiger partial charge in [0.25, 0.3) is 0 Å². The van der Waals surface area contributed by atoms with Crippen molar-refractivity contribution in [2.75, 3.05) is 0 Å². The Bertz CT molecular complexity index is 262. The Hall–Kier alpha value is -0.600. The minimum atomic E-state index is -0.381. The van der Waals surface area contributed by atoms with Gasteiger partial charge in [-0.15, -0.1) is 0 Å². The van der Waals surface area contributed by atoms with E-state index in [9.17, 15) is 0 Å². The van der Waals surface area contributed by atoms with Gasteiger partial charge in [0, 0.05) is 4.47 Å². The van der Waals surface area contributed by atoms with E-state index in [2.05, 4.69) is 15.9 Å². The SMILES string of the molecule is C[C@@H](O)C=Cc1ccc(Br)cc1. The maximum atomic E-state index is 8.97.